The summed E-state index contributed by atoms with van der Waals surface area (Å²) in [5.74, 6) is 1.11. The molecule has 1 unspecified atom stereocenters. The zero-order valence-electron chi connectivity index (χ0n) is 10.5. The number of fused-ring (bicyclic) bond motifs is 1. The van der Waals surface area contributed by atoms with Gasteiger partial charge in [-0.25, -0.2) is 0 Å². The van der Waals surface area contributed by atoms with Crippen molar-refractivity contribution in [3.63, 3.8) is 0 Å². The van der Waals surface area contributed by atoms with Gasteiger partial charge in [0.1, 0.15) is 12.2 Å². The van der Waals surface area contributed by atoms with Gasteiger partial charge >= 0.3 is 0 Å². The molecule has 0 aromatic carbocycles. The lowest BCUT2D eigenvalue weighted by Crippen LogP contribution is -2.54. The molecule has 0 radical (unpaired) electrons. The van der Waals surface area contributed by atoms with Crippen LogP contribution in [0.2, 0.25) is 0 Å². The van der Waals surface area contributed by atoms with Crippen LogP contribution in [-0.2, 0) is 13.1 Å². The van der Waals surface area contributed by atoms with Gasteiger partial charge in [-0.15, -0.1) is 10.2 Å². The van der Waals surface area contributed by atoms with E-state index in [-0.39, 0.29) is 0 Å². The van der Waals surface area contributed by atoms with Crippen molar-refractivity contribution in [1.29, 1.82) is 0 Å². The summed E-state index contributed by atoms with van der Waals surface area (Å²) in [6.45, 7) is 7.73. The van der Waals surface area contributed by atoms with Gasteiger partial charge in [0.05, 0.1) is 6.54 Å². The Balaban J connectivity index is 1.63. The molecule has 0 bridgehead atoms. The third-order valence-corrected chi connectivity index (χ3v) is 4.00. The van der Waals surface area contributed by atoms with Crippen LogP contribution < -0.4 is 5.32 Å². The summed E-state index contributed by atoms with van der Waals surface area (Å²) < 4.78 is 2.16. The number of nitrogens with zero attached hydrogens (tertiary/aromatic N) is 4. The largest absolute Gasteiger partial charge is 0.315 e. The zero-order valence-corrected chi connectivity index (χ0v) is 10.5. The van der Waals surface area contributed by atoms with Crippen molar-refractivity contribution in [1.82, 2.24) is 25.0 Å². The van der Waals surface area contributed by atoms with E-state index in [1.165, 1.54) is 25.8 Å². The number of piperidine rings is 1. The Kier molecular flexibility index (Phi) is 2.88. The van der Waals surface area contributed by atoms with Crippen molar-refractivity contribution in [2.24, 2.45) is 0 Å². The van der Waals surface area contributed by atoms with Crippen molar-refractivity contribution in [3.8, 4) is 0 Å². The third-order valence-electron chi connectivity index (χ3n) is 4.00. The quantitative estimate of drug-likeness (QED) is 0.816. The summed E-state index contributed by atoms with van der Waals surface area (Å²) in [7, 11) is 0. The van der Waals surface area contributed by atoms with Gasteiger partial charge in [-0.05, 0) is 26.3 Å². The first kappa shape index (κ1) is 11.2. The van der Waals surface area contributed by atoms with Crippen molar-refractivity contribution in [3.05, 3.63) is 12.2 Å². The first-order valence-corrected chi connectivity index (χ1v) is 6.59. The minimum absolute atomic E-state index is 0.292. The first-order chi connectivity index (χ1) is 8.25. The van der Waals surface area contributed by atoms with Crippen LogP contribution in [0.1, 0.15) is 32.0 Å². The highest BCUT2D eigenvalue weighted by Crippen LogP contribution is 2.21. The molecule has 0 saturated carbocycles. The normalized spacial score (nSPS) is 30.2. The Hall–Kier alpha value is -0.940. The van der Waals surface area contributed by atoms with E-state index in [1.807, 2.05) is 6.33 Å². The summed E-state index contributed by atoms with van der Waals surface area (Å²) in [6, 6.07) is 0. The summed E-state index contributed by atoms with van der Waals surface area (Å²) in [5, 5.41) is 11.8. The van der Waals surface area contributed by atoms with Gasteiger partial charge in [0, 0.05) is 25.2 Å². The predicted octanol–water partition coefficient (Wildman–Crippen LogP) is 0.626. The smallest absolute Gasteiger partial charge is 0.147 e. The lowest BCUT2D eigenvalue weighted by molar-refractivity contribution is 0.136. The third kappa shape index (κ3) is 2.35. The fraction of sp³-hybridized carbons (Fsp3) is 0.833. The second-order valence-electron chi connectivity index (χ2n) is 5.60. The Morgan fingerprint density at radius 1 is 1.41 bits per heavy atom. The van der Waals surface area contributed by atoms with Crippen LogP contribution in [0.3, 0.4) is 0 Å². The van der Waals surface area contributed by atoms with Gasteiger partial charge in [0.25, 0.3) is 0 Å². The van der Waals surface area contributed by atoms with Gasteiger partial charge < -0.3 is 9.88 Å². The van der Waals surface area contributed by atoms with Crippen LogP contribution >= 0.6 is 0 Å². The molecular weight excluding hydrogens is 214 g/mol. The molecule has 1 aromatic heterocycles. The van der Waals surface area contributed by atoms with Crippen molar-refractivity contribution in [2.45, 2.75) is 44.8 Å². The Bertz CT molecular complexity index is 380. The molecule has 1 atom stereocenters. The van der Waals surface area contributed by atoms with Crippen LogP contribution in [0, 0.1) is 0 Å². The minimum Gasteiger partial charge on any atom is -0.315 e. The average Bonchev–Trinajstić information content (AvgIpc) is 2.76. The van der Waals surface area contributed by atoms with Crippen LogP contribution in [0.15, 0.2) is 6.33 Å². The predicted molar refractivity (Wildman–Crippen MR) is 65.6 cm³/mol. The Morgan fingerprint density at radius 2 is 2.35 bits per heavy atom. The lowest BCUT2D eigenvalue weighted by Gasteiger charge is -2.40. The van der Waals surface area contributed by atoms with Gasteiger partial charge in [-0.2, -0.15) is 0 Å². The summed E-state index contributed by atoms with van der Waals surface area (Å²) in [6.07, 6.45) is 5.81. The van der Waals surface area contributed by atoms with E-state index in [0.717, 1.165) is 32.0 Å². The monoisotopic (exact) mass is 235 g/mol. The molecule has 0 aliphatic carbocycles. The highest BCUT2D eigenvalue weighted by Gasteiger charge is 2.30. The highest BCUT2D eigenvalue weighted by atomic mass is 15.3. The van der Waals surface area contributed by atoms with Crippen LogP contribution in [-0.4, -0.2) is 44.8 Å². The van der Waals surface area contributed by atoms with Crippen LogP contribution in [0.4, 0.5) is 0 Å². The van der Waals surface area contributed by atoms with Crippen LogP contribution in [0.25, 0.3) is 0 Å². The van der Waals surface area contributed by atoms with Gasteiger partial charge in [0.2, 0.25) is 0 Å². The van der Waals surface area contributed by atoms with E-state index in [9.17, 15) is 0 Å². The number of hydrogen-bond acceptors (Lipinski definition) is 4. The average molecular weight is 235 g/mol. The Labute approximate surface area is 102 Å². The van der Waals surface area contributed by atoms with E-state index in [2.05, 4.69) is 31.9 Å². The van der Waals surface area contributed by atoms with Crippen molar-refractivity contribution >= 4 is 0 Å². The first-order valence-electron chi connectivity index (χ1n) is 6.59. The zero-order chi connectivity index (χ0) is 11.7. The summed E-state index contributed by atoms with van der Waals surface area (Å²) >= 11 is 0. The molecule has 3 heterocycles. The molecule has 1 fully saturated rings. The SMILES string of the molecule is CC1(CN2CCn3cnnc3C2)CCCCN1. The molecule has 3 rings (SSSR count). The highest BCUT2D eigenvalue weighted by molar-refractivity contribution is 4.95. The van der Waals surface area contributed by atoms with E-state index in [4.69, 9.17) is 0 Å². The van der Waals surface area contributed by atoms with Crippen LogP contribution in [0.5, 0.6) is 0 Å². The van der Waals surface area contributed by atoms with E-state index < -0.39 is 0 Å². The summed E-state index contributed by atoms with van der Waals surface area (Å²) in [5.41, 5.74) is 0.292. The Morgan fingerprint density at radius 3 is 3.18 bits per heavy atom. The molecule has 5 nitrogen and oxygen atoms in total. The minimum atomic E-state index is 0.292. The molecule has 17 heavy (non-hydrogen) atoms. The molecule has 1 saturated heterocycles. The standard InChI is InChI=1S/C12H21N5/c1-12(4-2-3-5-13-12)9-16-6-7-17-10-14-15-11(17)8-16/h10,13H,2-9H2,1H3. The molecular formula is C12H21N5. The lowest BCUT2D eigenvalue weighted by atomic mass is 9.90. The van der Waals surface area contributed by atoms with Gasteiger partial charge in [-0.3, -0.25) is 4.90 Å². The van der Waals surface area contributed by atoms with E-state index >= 15 is 0 Å². The van der Waals surface area contributed by atoms with Gasteiger partial charge in [0.15, 0.2) is 0 Å². The number of aromatic nitrogens is 3. The van der Waals surface area contributed by atoms with E-state index in [1.54, 1.807) is 0 Å². The molecule has 1 N–H and O–H groups in total. The number of nitrogens with one attached hydrogen (secondary N) is 1. The van der Waals surface area contributed by atoms with E-state index in [0.29, 0.717) is 5.54 Å². The maximum atomic E-state index is 4.17. The van der Waals surface area contributed by atoms with Gasteiger partial charge in [-0.1, -0.05) is 6.42 Å². The maximum absolute atomic E-state index is 4.17. The second kappa shape index (κ2) is 4.38. The molecule has 0 amide bonds. The second-order valence-corrected chi connectivity index (χ2v) is 5.60. The number of rotatable bonds is 2. The topological polar surface area (TPSA) is 46.0 Å². The van der Waals surface area contributed by atoms with Crippen molar-refractivity contribution in [2.75, 3.05) is 19.6 Å². The number of hydrogen-bond donors (Lipinski definition) is 1. The van der Waals surface area contributed by atoms with Crippen molar-refractivity contribution < 1.29 is 0 Å². The maximum Gasteiger partial charge on any atom is 0.147 e. The molecule has 5 heteroatoms. The molecule has 1 aromatic rings. The molecule has 2 aliphatic rings. The fourth-order valence-electron chi connectivity index (χ4n) is 3.00. The molecule has 2 aliphatic heterocycles. The fourth-order valence-corrected chi connectivity index (χ4v) is 3.00. The summed E-state index contributed by atoms with van der Waals surface area (Å²) in [4.78, 5) is 2.50. The molecule has 0 spiro atoms. The molecule has 94 valence electrons.